The molecule has 0 fully saturated rings. The summed E-state index contributed by atoms with van der Waals surface area (Å²) < 4.78 is 4.86. The number of carboxylic acid groups (broad SMARTS) is 1. The number of fused-ring (bicyclic) bond motifs is 1. The summed E-state index contributed by atoms with van der Waals surface area (Å²) in [7, 11) is 0. The summed E-state index contributed by atoms with van der Waals surface area (Å²) >= 11 is 0. The SMILES string of the molecule is O=C(O)c1nc2cc(O)ccc2o1. The fraction of sp³-hybridized carbons (Fsp3) is 0. The van der Waals surface area contributed by atoms with Gasteiger partial charge in [0.15, 0.2) is 5.58 Å². The van der Waals surface area contributed by atoms with E-state index in [0.29, 0.717) is 11.1 Å². The van der Waals surface area contributed by atoms with Crippen LogP contribution in [0.25, 0.3) is 11.1 Å². The third-order valence-electron chi connectivity index (χ3n) is 1.55. The van der Waals surface area contributed by atoms with E-state index in [2.05, 4.69) is 4.98 Å². The molecule has 0 bridgehead atoms. The largest absolute Gasteiger partial charge is 0.508 e. The van der Waals surface area contributed by atoms with Crippen LogP contribution in [0.15, 0.2) is 22.6 Å². The molecule has 5 nitrogen and oxygen atoms in total. The molecule has 1 aromatic carbocycles. The van der Waals surface area contributed by atoms with Gasteiger partial charge < -0.3 is 14.6 Å². The Labute approximate surface area is 72.2 Å². The van der Waals surface area contributed by atoms with E-state index < -0.39 is 5.97 Å². The zero-order chi connectivity index (χ0) is 9.42. The summed E-state index contributed by atoms with van der Waals surface area (Å²) in [5.74, 6) is -1.57. The Morgan fingerprint density at radius 3 is 2.92 bits per heavy atom. The van der Waals surface area contributed by atoms with Crippen molar-refractivity contribution in [2.75, 3.05) is 0 Å². The van der Waals surface area contributed by atoms with E-state index in [-0.39, 0.29) is 11.6 Å². The number of rotatable bonds is 1. The third-order valence-corrected chi connectivity index (χ3v) is 1.55. The van der Waals surface area contributed by atoms with Gasteiger partial charge in [-0.2, -0.15) is 0 Å². The Hall–Kier alpha value is -2.04. The number of carboxylic acids is 1. The van der Waals surface area contributed by atoms with Crippen LogP contribution < -0.4 is 0 Å². The van der Waals surface area contributed by atoms with Crippen molar-refractivity contribution < 1.29 is 19.4 Å². The molecule has 0 saturated heterocycles. The highest BCUT2D eigenvalue weighted by Crippen LogP contribution is 2.20. The number of aromatic hydroxyl groups is 1. The number of aromatic nitrogens is 1. The topological polar surface area (TPSA) is 83.6 Å². The van der Waals surface area contributed by atoms with Crippen molar-refractivity contribution in [2.45, 2.75) is 0 Å². The van der Waals surface area contributed by atoms with Gasteiger partial charge in [0.1, 0.15) is 11.3 Å². The third kappa shape index (κ3) is 1.20. The molecule has 2 rings (SSSR count). The summed E-state index contributed by atoms with van der Waals surface area (Å²) in [6.07, 6.45) is 0. The molecule has 0 aliphatic carbocycles. The predicted molar refractivity (Wildman–Crippen MR) is 42.6 cm³/mol. The molecule has 0 amide bonds. The van der Waals surface area contributed by atoms with Crippen LogP contribution in [0.4, 0.5) is 0 Å². The van der Waals surface area contributed by atoms with Crippen molar-refractivity contribution in [3.05, 3.63) is 24.1 Å². The smallest absolute Gasteiger partial charge is 0.392 e. The van der Waals surface area contributed by atoms with Crippen LogP contribution in [0, 0.1) is 0 Å². The first-order chi connectivity index (χ1) is 6.16. The number of phenolic OH excluding ortho intramolecular Hbond substituents is 1. The molecule has 0 spiro atoms. The lowest BCUT2D eigenvalue weighted by Crippen LogP contribution is -1.94. The predicted octanol–water partition coefficient (Wildman–Crippen LogP) is 1.23. The monoisotopic (exact) mass is 179 g/mol. The van der Waals surface area contributed by atoms with Crippen LogP contribution >= 0.6 is 0 Å². The van der Waals surface area contributed by atoms with Crippen LogP contribution in [0.2, 0.25) is 0 Å². The van der Waals surface area contributed by atoms with Crippen molar-refractivity contribution >= 4 is 17.1 Å². The fourth-order valence-electron chi connectivity index (χ4n) is 1.01. The highest BCUT2D eigenvalue weighted by molar-refractivity contribution is 5.86. The summed E-state index contributed by atoms with van der Waals surface area (Å²) in [6, 6.07) is 4.20. The second-order valence-corrected chi connectivity index (χ2v) is 2.48. The highest BCUT2D eigenvalue weighted by atomic mass is 16.4. The zero-order valence-electron chi connectivity index (χ0n) is 6.39. The minimum Gasteiger partial charge on any atom is -0.508 e. The van der Waals surface area contributed by atoms with Gasteiger partial charge in [-0.3, -0.25) is 0 Å². The zero-order valence-corrected chi connectivity index (χ0v) is 6.39. The highest BCUT2D eigenvalue weighted by Gasteiger charge is 2.12. The van der Waals surface area contributed by atoms with E-state index in [1.54, 1.807) is 0 Å². The minimum absolute atomic E-state index is 0.0257. The Morgan fingerprint density at radius 2 is 2.23 bits per heavy atom. The number of hydrogen-bond donors (Lipinski definition) is 2. The van der Waals surface area contributed by atoms with Crippen molar-refractivity contribution in [1.82, 2.24) is 4.98 Å². The molecule has 1 heterocycles. The Bertz CT molecular complexity index is 474. The average molecular weight is 179 g/mol. The lowest BCUT2D eigenvalue weighted by Gasteiger charge is -1.86. The van der Waals surface area contributed by atoms with Crippen molar-refractivity contribution in [2.24, 2.45) is 0 Å². The van der Waals surface area contributed by atoms with Gasteiger partial charge in [0.05, 0.1) is 0 Å². The Kier molecular flexibility index (Phi) is 1.45. The first-order valence-electron chi connectivity index (χ1n) is 3.49. The van der Waals surface area contributed by atoms with E-state index >= 15 is 0 Å². The number of oxazole rings is 1. The molecule has 2 aromatic rings. The lowest BCUT2D eigenvalue weighted by atomic mass is 10.3. The van der Waals surface area contributed by atoms with Crippen molar-refractivity contribution in [3.8, 4) is 5.75 Å². The molecule has 0 radical (unpaired) electrons. The van der Waals surface area contributed by atoms with Gasteiger partial charge >= 0.3 is 11.9 Å². The molecule has 0 saturated carbocycles. The summed E-state index contributed by atoms with van der Waals surface area (Å²) in [5.41, 5.74) is 0.674. The van der Waals surface area contributed by atoms with E-state index in [1.807, 2.05) is 0 Å². The fourth-order valence-corrected chi connectivity index (χ4v) is 1.01. The summed E-state index contributed by atoms with van der Waals surface area (Å²) in [6.45, 7) is 0. The molecular weight excluding hydrogens is 174 g/mol. The van der Waals surface area contributed by atoms with Gasteiger partial charge in [0, 0.05) is 6.07 Å². The second kappa shape index (κ2) is 2.48. The standard InChI is InChI=1S/C8H5NO4/c10-4-1-2-6-5(3-4)9-7(13-6)8(11)12/h1-3,10H,(H,11,12). The molecule has 13 heavy (non-hydrogen) atoms. The number of nitrogens with zero attached hydrogens (tertiary/aromatic N) is 1. The normalized spacial score (nSPS) is 10.5. The molecule has 66 valence electrons. The number of benzene rings is 1. The van der Waals surface area contributed by atoms with Gasteiger partial charge in [-0.1, -0.05) is 0 Å². The first-order valence-corrected chi connectivity index (χ1v) is 3.49. The van der Waals surface area contributed by atoms with Crippen molar-refractivity contribution in [1.29, 1.82) is 0 Å². The summed E-state index contributed by atoms with van der Waals surface area (Å²) in [5, 5.41) is 17.6. The van der Waals surface area contributed by atoms with Gasteiger partial charge in [0.25, 0.3) is 0 Å². The summed E-state index contributed by atoms with van der Waals surface area (Å²) in [4.78, 5) is 14.1. The molecule has 0 aliphatic rings. The second-order valence-electron chi connectivity index (χ2n) is 2.48. The van der Waals surface area contributed by atoms with E-state index in [4.69, 9.17) is 14.6 Å². The maximum atomic E-state index is 10.4. The molecule has 0 atom stereocenters. The molecule has 0 aliphatic heterocycles. The number of hydrogen-bond acceptors (Lipinski definition) is 4. The van der Waals surface area contributed by atoms with E-state index in [0.717, 1.165) is 0 Å². The number of carbonyl (C=O) groups is 1. The number of phenols is 1. The quantitative estimate of drug-likeness (QED) is 0.687. The molecule has 2 N–H and O–H groups in total. The van der Waals surface area contributed by atoms with Crippen LogP contribution in [-0.2, 0) is 0 Å². The maximum Gasteiger partial charge on any atom is 0.392 e. The van der Waals surface area contributed by atoms with Gasteiger partial charge in [0.2, 0.25) is 0 Å². The Morgan fingerprint density at radius 1 is 1.46 bits per heavy atom. The molecule has 5 heteroatoms. The van der Waals surface area contributed by atoms with Crippen LogP contribution in [0.5, 0.6) is 5.75 Å². The van der Waals surface area contributed by atoms with E-state index in [9.17, 15) is 4.79 Å². The van der Waals surface area contributed by atoms with Crippen molar-refractivity contribution in [3.63, 3.8) is 0 Å². The van der Waals surface area contributed by atoms with Crippen LogP contribution in [0.3, 0.4) is 0 Å². The number of aromatic carboxylic acids is 1. The van der Waals surface area contributed by atoms with Gasteiger partial charge in [-0.15, -0.1) is 0 Å². The Balaban J connectivity index is 2.68. The molecular formula is C8H5NO4. The van der Waals surface area contributed by atoms with E-state index in [1.165, 1.54) is 18.2 Å². The average Bonchev–Trinajstić information content (AvgIpc) is 2.46. The van der Waals surface area contributed by atoms with Gasteiger partial charge in [-0.05, 0) is 12.1 Å². The lowest BCUT2D eigenvalue weighted by molar-refractivity contribution is 0.0656. The van der Waals surface area contributed by atoms with Crippen LogP contribution in [0.1, 0.15) is 10.7 Å². The first kappa shape index (κ1) is 7.60. The van der Waals surface area contributed by atoms with Gasteiger partial charge in [-0.25, -0.2) is 9.78 Å². The van der Waals surface area contributed by atoms with Crippen LogP contribution in [-0.4, -0.2) is 21.2 Å². The maximum absolute atomic E-state index is 10.4. The minimum atomic E-state index is -1.23. The molecule has 1 aromatic heterocycles. The molecule has 0 unspecified atom stereocenters.